The number of nitrogens with zero attached hydrogens (tertiary/aromatic N) is 4. The normalized spacial score (nSPS) is 15.6. The molecule has 0 saturated carbocycles. The predicted octanol–water partition coefficient (Wildman–Crippen LogP) is 3.12. The highest BCUT2D eigenvalue weighted by Crippen LogP contribution is 2.22. The smallest absolute Gasteiger partial charge is 0.243 e. The lowest BCUT2D eigenvalue weighted by atomic mass is 10.2. The van der Waals surface area contributed by atoms with Crippen LogP contribution in [0.4, 0.5) is 5.69 Å². The van der Waals surface area contributed by atoms with Gasteiger partial charge in [-0.25, -0.2) is 13.1 Å². The van der Waals surface area contributed by atoms with E-state index < -0.39 is 16.1 Å². The van der Waals surface area contributed by atoms with E-state index in [1.807, 2.05) is 60.1 Å². The first-order chi connectivity index (χ1) is 15.8. The van der Waals surface area contributed by atoms with Crippen LogP contribution in [0.1, 0.15) is 25.3 Å². The van der Waals surface area contributed by atoms with Crippen molar-refractivity contribution in [3.05, 3.63) is 72.6 Å². The maximum atomic E-state index is 12.8. The summed E-state index contributed by atoms with van der Waals surface area (Å²) in [7, 11) is -1.58. The maximum absolute atomic E-state index is 12.8. The maximum Gasteiger partial charge on any atom is 0.243 e. The molecule has 1 amide bonds. The number of hydrogen-bond donors (Lipinski definition) is 1. The van der Waals surface area contributed by atoms with E-state index >= 15 is 0 Å². The minimum Gasteiger partial charge on any atom is -0.325 e. The van der Waals surface area contributed by atoms with Crippen LogP contribution in [0.5, 0.6) is 0 Å². The zero-order valence-electron chi connectivity index (χ0n) is 18.9. The van der Waals surface area contributed by atoms with Gasteiger partial charge < -0.3 is 5.32 Å². The first-order valence-corrected chi connectivity index (χ1v) is 12.5. The van der Waals surface area contributed by atoms with Crippen molar-refractivity contribution in [3.63, 3.8) is 0 Å². The molecule has 1 fully saturated rings. The number of nitrogens with one attached hydrogen (secondary N) is 1. The zero-order valence-corrected chi connectivity index (χ0v) is 19.7. The van der Waals surface area contributed by atoms with Crippen molar-refractivity contribution in [2.24, 2.45) is 0 Å². The molecule has 1 aromatic heterocycles. The van der Waals surface area contributed by atoms with Crippen LogP contribution in [-0.4, -0.2) is 59.5 Å². The molecule has 1 saturated heterocycles. The number of carbonyl (C=O) groups is 1. The van der Waals surface area contributed by atoms with Gasteiger partial charge in [-0.15, -0.1) is 0 Å². The fraction of sp³-hybridized carbons (Fsp3) is 0.333. The quantitative estimate of drug-likeness (QED) is 0.550. The first-order valence-electron chi connectivity index (χ1n) is 11.0. The number of anilines is 1. The highest BCUT2D eigenvalue weighted by atomic mass is 32.2. The monoisotopic (exact) mass is 467 g/mol. The summed E-state index contributed by atoms with van der Waals surface area (Å²) < 4.78 is 28.6. The minimum absolute atomic E-state index is 0.164. The minimum atomic E-state index is -3.46. The van der Waals surface area contributed by atoms with E-state index in [-0.39, 0.29) is 10.8 Å². The Kier molecular flexibility index (Phi) is 6.92. The van der Waals surface area contributed by atoms with Crippen LogP contribution in [-0.2, 0) is 21.4 Å². The third kappa shape index (κ3) is 5.32. The number of carbonyl (C=O) groups excluding carboxylic acids is 1. The molecule has 0 spiro atoms. The fourth-order valence-corrected chi connectivity index (χ4v) is 5.34. The van der Waals surface area contributed by atoms with Gasteiger partial charge in [-0.1, -0.05) is 18.2 Å². The number of likely N-dealkylation sites (N-methyl/N-ethyl adjacent to an activating group) is 1. The molecule has 0 bridgehead atoms. The molecule has 1 aliphatic heterocycles. The molecular formula is C24H29N5O3S. The van der Waals surface area contributed by atoms with Crippen LogP contribution in [0.3, 0.4) is 0 Å². The fourth-order valence-electron chi connectivity index (χ4n) is 3.82. The van der Waals surface area contributed by atoms with Gasteiger partial charge in [0.25, 0.3) is 0 Å². The Morgan fingerprint density at radius 2 is 1.76 bits per heavy atom. The summed E-state index contributed by atoms with van der Waals surface area (Å²) in [6.45, 7) is 3.53. The molecule has 174 valence electrons. The molecular weight excluding hydrogens is 438 g/mol. The van der Waals surface area contributed by atoms with E-state index in [9.17, 15) is 13.2 Å². The van der Waals surface area contributed by atoms with Gasteiger partial charge in [-0.2, -0.15) is 9.40 Å². The van der Waals surface area contributed by atoms with Crippen LogP contribution in [0.15, 0.2) is 71.9 Å². The van der Waals surface area contributed by atoms with Gasteiger partial charge in [-0.3, -0.25) is 9.69 Å². The molecule has 3 aromatic rings. The molecule has 2 aromatic carbocycles. The second-order valence-electron chi connectivity index (χ2n) is 8.34. The second-order valence-corrected chi connectivity index (χ2v) is 10.3. The van der Waals surface area contributed by atoms with Gasteiger partial charge in [0, 0.05) is 37.1 Å². The van der Waals surface area contributed by atoms with Crippen molar-refractivity contribution in [2.75, 3.05) is 25.5 Å². The number of amides is 1. The van der Waals surface area contributed by atoms with E-state index in [1.165, 1.54) is 4.31 Å². The molecule has 0 aliphatic carbocycles. The largest absolute Gasteiger partial charge is 0.325 e. The van der Waals surface area contributed by atoms with Crippen molar-refractivity contribution in [1.82, 2.24) is 19.0 Å². The van der Waals surface area contributed by atoms with Crippen molar-refractivity contribution in [1.29, 1.82) is 0 Å². The highest BCUT2D eigenvalue weighted by Gasteiger charge is 2.27. The van der Waals surface area contributed by atoms with E-state index in [0.717, 1.165) is 24.1 Å². The molecule has 8 nitrogen and oxygen atoms in total. The average Bonchev–Trinajstić information content (AvgIpc) is 3.52. The summed E-state index contributed by atoms with van der Waals surface area (Å²) in [5.74, 6) is -0.164. The first kappa shape index (κ1) is 23.2. The zero-order chi connectivity index (χ0) is 23.4. The van der Waals surface area contributed by atoms with E-state index in [0.29, 0.717) is 25.3 Å². The number of para-hydroxylation sites is 1. The van der Waals surface area contributed by atoms with E-state index in [1.54, 1.807) is 30.5 Å². The summed E-state index contributed by atoms with van der Waals surface area (Å²) in [5.41, 5.74) is 2.54. The Balaban J connectivity index is 1.35. The summed E-state index contributed by atoms with van der Waals surface area (Å²) in [6.07, 6.45) is 5.54. The lowest BCUT2D eigenvalue weighted by Crippen LogP contribution is -2.39. The molecule has 1 N–H and O–H groups in total. The van der Waals surface area contributed by atoms with Crippen molar-refractivity contribution < 1.29 is 13.2 Å². The predicted molar refractivity (Wildman–Crippen MR) is 128 cm³/mol. The van der Waals surface area contributed by atoms with E-state index in [2.05, 4.69) is 10.4 Å². The van der Waals surface area contributed by atoms with Crippen molar-refractivity contribution in [2.45, 2.75) is 37.2 Å². The lowest BCUT2D eigenvalue weighted by molar-refractivity contribution is -0.120. The number of benzene rings is 2. The second kappa shape index (κ2) is 9.86. The lowest BCUT2D eigenvalue weighted by Gasteiger charge is -2.23. The van der Waals surface area contributed by atoms with Crippen LogP contribution in [0.25, 0.3) is 5.69 Å². The van der Waals surface area contributed by atoms with Crippen LogP contribution >= 0.6 is 0 Å². The van der Waals surface area contributed by atoms with Crippen LogP contribution in [0, 0.1) is 0 Å². The molecule has 1 atom stereocenters. The third-order valence-electron chi connectivity index (χ3n) is 5.95. The Morgan fingerprint density at radius 3 is 2.42 bits per heavy atom. The Bertz CT molecular complexity index is 1190. The number of sulfonamides is 1. The number of hydrogen-bond acceptors (Lipinski definition) is 5. The van der Waals surface area contributed by atoms with Gasteiger partial charge in [0.15, 0.2) is 0 Å². The van der Waals surface area contributed by atoms with Crippen LogP contribution in [0.2, 0.25) is 0 Å². The molecule has 0 radical (unpaired) electrons. The molecule has 2 heterocycles. The third-order valence-corrected chi connectivity index (χ3v) is 7.87. The Hall–Kier alpha value is -3.01. The summed E-state index contributed by atoms with van der Waals surface area (Å²) >= 11 is 0. The summed E-state index contributed by atoms with van der Waals surface area (Å²) in [6, 6.07) is 15.8. The van der Waals surface area contributed by atoms with Gasteiger partial charge in [0.05, 0.1) is 22.8 Å². The number of rotatable bonds is 8. The summed E-state index contributed by atoms with van der Waals surface area (Å²) in [5, 5.41) is 7.28. The molecule has 33 heavy (non-hydrogen) atoms. The molecule has 0 unspecified atom stereocenters. The van der Waals surface area contributed by atoms with Crippen molar-refractivity contribution in [3.8, 4) is 5.69 Å². The van der Waals surface area contributed by atoms with Gasteiger partial charge in [-0.05, 0) is 63.2 Å². The van der Waals surface area contributed by atoms with Crippen molar-refractivity contribution >= 4 is 21.6 Å². The molecule has 9 heteroatoms. The summed E-state index contributed by atoms with van der Waals surface area (Å²) in [4.78, 5) is 15.0. The molecule has 1 aliphatic rings. The topological polar surface area (TPSA) is 87.5 Å². The van der Waals surface area contributed by atoms with Gasteiger partial charge in [0.1, 0.15) is 0 Å². The Morgan fingerprint density at radius 1 is 1.09 bits per heavy atom. The van der Waals surface area contributed by atoms with Crippen LogP contribution < -0.4 is 5.32 Å². The number of aromatic nitrogens is 2. The Labute approximate surface area is 194 Å². The van der Waals surface area contributed by atoms with E-state index in [4.69, 9.17) is 0 Å². The average molecular weight is 468 g/mol. The van der Waals surface area contributed by atoms with Gasteiger partial charge in [0.2, 0.25) is 15.9 Å². The SMILES string of the molecule is C[C@@H](C(=O)Nc1ccc(S(=O)(=O)N2CCCC2)cc1)N(C)Cc1cnn(-c2ccccc2)c1. The van der Waals surface area contributed by atoms with Gasteiger partial charge >= 0.3 is 0 Å². The standard InChI is InChI=1S/C24H29N5O3S/c1-19(27(2)17-20-16-25-29(18-20)22-8-4-3-5-9-22)24(30)26-21-10-12-23(13-11-21)33(31,32)28-14-6-7-15-28/h3-5,8-13,16,18-19H,6-7,14-15,17H2,1-2H3,(H,26,30)/t19-/m0/s1. The molecule has 4 rings (SSSR count). The highest BCUT2D eigenvalue weighted by molar-refractivity contribution is 7.89.